The van der Waals surface area contributed by atoms with Crippen molar-refractivity contribution in [2.24, 2.45) is 0 Å². The Morgan fingerprint density at radius 2 is 1.69 bits per heavy atom. The highest BCUT2D eigenvalue weighted by molar-refractivity contribution is 6.00. The number of benzene rings is 2. The molecular formula is C29H28N2O. The van der Waals surface area contributed by atoms with Crippen molar-refractivity contribution in [3.05, 3.63) is 89.3 Å². The van der Waals surface area contributed by atoms with E-state index in [4.69, 9.17) is 4.74 Å². The monoisotopic (exact) mass is 420 g/mol. The Labute approximate surface area is 188 Å². The molecule has 0 unspecified atom stereocenters. The van der Waals surface area contributed by atoms with Gasteiger partial charge in [0, 0.05) is 49.8 Å². The lowest BCUT2D eigenvalue weighted by atomic mass is 9.74. The molecule has 3 heteroatoms. The van der Waals surface area contributed by atoms with Crippen molar-refractivity contribution < 1.29 is 4.74 Å². The fourth-order valence-corrected chi connectivity index (χ4v) is 5.12. The van der Waals surface area contributed by atoms with E-state index in [1.165, 1.54) is 22.1 Å². The highest BCUT2D eigenvalue weighted by Gasteiger charge is 2.38. The standard InChI is InChI=1S/C29H28N2O/c1-7-10-12-19-17(4)30-27-21(19)13-15-22-28(27)32-24-16-14-20-18(9-3)23(11-8-2)31-26(20)25(24)29(22,5)6/h7-16,30-31H,1,3H2,2,4-6H3/b11-8-,12-10-. The lowest BCUT2D eigenvalue weighted by Crippen LogP contribution is -2.25. The number of hydrogen-bond donors (Lipinski definition) is 2. The maximum absolute atomic E-state index is 6.61. The summed E-state index contributed by atoms with van der Waals surface area (Å²) in [6.45, 7) is 16.5. The molecule has 0 aliphatic carbocycles. The minimum atomic E-state index is -0.247. The summed E-state index contributed by atoms with van der Waals surface area (Å²) < 4.78 is 6.61. The summed E-state index contributed by atoms with van der Waals surface area (Å²) in [6.07, 6.45) is 11.9. The van der Waals surface area contributed by atoms with E-state index in [1.54, 1.807) is 6.08 Å². The third-order valence-corrected chi connectivity index (χ3v) is 6.62. The molecule has 2 N–H and O–H groups in total. The number of fused-ring (bicyclic) bond motifs is 6. The third kappa shape index (κ3) is 2.67. The lowest BCUT2D eigenvalue weighted by molar-refractivity contribution is 0.424. The van der Waals surface area contributed by atoms with Gasteiger partial charge in [-0.25, -0.2) is 0 Å². The van der Waals surface area contributed by atoms with Gasteiger partial charge in [0.2, 0.25) is 0 Å². The Bertz CT molecular complexity index is 1470. The van der Waals surface area contributed by atoms with Gasteiger partial charge in [-0.2, -0.15) is 0 Å². The maximum Gasteiger partial charge on any atom is 0.155 e. The van der Waals surface area contributed by atoms with Gasteiger partial charge in [0.05, 0.1) is 11.0 Å². The summed E-state index contributed by atoms with van der Waals surface area (Å²) in [7, 11) is 0. The molecule has 0 saturated carbocycles. The molecule has 3 heterocycles. The Balaban J connectivity index is 1.79. The van der Waals surface area contributed by atoms with Crippen molar-refractivity contribution in [2.45, 2.75) is 33.1 Å². The van der Waals surface area contributed by atoms with Crippen LogP contribution in [0.15, 0.2) is 55.7 Å². The van der Waals surface area contributed by atoms with Gasteiger partial charge in [-0.05, 0) is 32.1 Å². The van der Waals surface area contributed by atoms with Crippen LogP contribution in [0.1, 0.15) is 54.4 Å². The van der Waals surface area contributed by atoms with Gasteiger partial charge in [0.1, 0.15) is 5.75 Å². The van der Waals surface area contributed by atoms with Gasteiger partial charge in [-0.15, -0.1) is 0 Å². The summed E-state index contributed by atoms with van der Waals surface area (Å²) in [5, 5.41) is 2.32. The molecule has 1 aliphatic heterocycles. The Morgan fingerprint density at radius 3 is 2.41 bits per heavy atom. The van der Waals surface area contributed by atoms with Crippen LogP contribution in [0.4, 0.5) is 0 Å². The van der Waals surface area contributed by atoms with Gasteiger partial charge in [-0.3, -0.25) is 0 Å². The molecule has 2 aromatic carbocycles. The molecule has 2 aromatic heterocycles. The van der Waals surface area contributed by atoms with Gasteiger partial charge in [0.25, 0.3) is 0 Å². The summed E-state index contributed by atoms with van der Waals surface area (Å²) in [5.74, 6) is 1.80. The zero-order valence-corrected chi connectivity index (χ0v) is 19.1. The number of rotatable bonds is 4. The van der Waals surface area contributed by atoms with E-state index < -0.39 is 0 Å². The predicted molar refractivity (Wildman–Crippen MR) is 138 cm³/mol. The number of ether oxygens (including phenoxy) is 1. The molecule has 160 valence electrons. The highest BCUT2D eigenvalue weighted by Crippen LogP contribution is 2.53. The van der Waals surface area contributed by atoms with Crippen LogP contribution < -0.4 is 4.74 Å². The molecule has 1 aliphatic rings. The van der Waals surface area contributed by atoms with Crippen LogP contribution in [0, 0.1) is 6.92 Å². The summed E-state index contributed by atoms with van der Waals surface area (Å²) in [4.78, 5) is 7.21. The van der Waals surface area contributed by atoms with Crippen molar-refractivity contribution >= 4 is 40.0 Å². The minimum Gasteiger partial charge on any atom is -0.454 e. The smallest absolute Gasteiger partial charge is 0.155 e. The Morgan fingerprint density at radius 1 is 0.938 bits per heavy atom. The quantitative estimate of drug-likeness (QED) is 0.320. The number of hydrogen-bond acceptors (Lipinski definition) is 1. The molecule has 0 bridgehead atoms. The van der Waals surface area contributed by atoms with E-state index in [0.29, 0.717) is 0 Å². The van der Waals surface area contributed by atoms with Gasteiger partial charge >= 0.3 is 0 Å². The molecule has 0 amide bonds. The number of aryl methyl sites for hydroxylation is 1. The van der Waals surface area contributed by atoms with Crippen molar-refractivity contribution in [2.75, 3.05) is 0 Å². The van der Waals surface area contributed by atoms with Crippen LogP contribution in [-0.2, 0) is 5.41 Å². The topological polar surface area (TPSA) is 40.8 Å². The number of allylic oxidation sites excluding steroid dienone is 3. The summed E-state index contributed by atoms with van der Waals surface area (Å²) >= 11 is 0. The molecule has 0 saturated heterocycles. The van der Waals surface area contributed by atoms with Gasteiger partial charge < -0.3 is 14.7 Å². The van der Waals surface area contributed by atoms with Gasteiger partial charge in [0.15, 0.2) is 5.75 Å². The van der Waals surface area contributed by atoms with Crippen LogP contribution in [0.3, 0.4) is 0 Å². The van der Waals surface area contributed by atoms with E-state index >= 15 is 0 Å². The molecule has 4 aromatic rings. The Hall–Kier alpha value is -3.72. The molecular weight excluding hydrogens is 392 g/mol. The van der Waals surface area contributed by atoms with Crippen molar-refractivity contribution in [3.8, 4) is 11.5 Å². The fourth-order valence-electron chi connectivity index (χ4n) is 5.12. The second-order valence-corrected chi connectivity index (χ2v) is 8.87. The van der Waals surface area contributed by atoms with Crippen LogP contribution in [0.2, 0.25) is 0 Å². The molecule has 3 nitrogen and oxygen atoms in total. The number of aromatic amines is 2. The molecule has 32 heavy (non-hydrogen) atoms. The van der Waals surface area contributed by atoms with E-state index in [2.05, 4.69) is 80.3 Å². The van der Waals surface area contributed by atoms with E-state index in [1.807, 2.05) is 25.2 Å². The van der Waals surface area contributed by atoms with E-state index in [9.17, 15) is 0 Å². The molecule has 0 fully saturated rings. The van der Waals surface area contributed by atoms with Crippen molar-refractivity contribution in [3.63, 3.8) is 0 Å². The van der Waals surface area contributed by atoms with Crippen molar-refractivity contribution in [1.82, 2.24) is 9.97 Å². The number of nitrogens with one attached hydrogen (secondary N) is 2. The normalized spacial score (nSPS) is 14.8. The number of aromatic nitrogens is 2. The molecule has 0 radical (unpaired) electrons. The zero-order chi connectivity index (χ0) is 22.6. The summed E-state index contributed by atoms with van der Waals surface area (Å²) in [6, 6.07) is 8.64. The van der Waals surface area contributed by atoms with Crippen LogP contribution in [0.25, 0.3) is 40.0 Å². The summed E-state index contributed by atoms with van der Waals surface area (Å²) in [5.41, 5.74) is 8.73. The lowest BCUT2D eigenvalue weighted by Gasteiger charge is -2.35. The fraction of sp³-hybridized carbons (Fsp3) is 0.172. The highest BCUT2D eigenvalue weighted by atomic mass is 16.5. The average Bonchev–Trinajstić information content (AvgIpc) is 3.28. The molecule has 5 rings (SSSR count). The van der Waals surface area contributed by atoms with E-state index in [-0.39, 0.29) is 5.41 Å². The maximum atomic E-state index is 6.61. The van der Waals surface area contributed by atoms with Crippen LogP contribution in [-0.4, -0.2) is 9.97 Å². The minimum absolute atomic E-state index is 0.247. The predicted octanol–water partition coefficient (Wildman–Crippen LogP) is 8.26. The van der Waals surface area contributed by atoms with E-state index in [0.717, 1.165) is 44.9 Å². The first-order valence-electron chi connectivity index (χ1n) is 11.0. The second-order valence-electron chi connectivity index (χ2n) is 8.87. The zero-order valence-electron chi connectivity index (χ0n) is 19.1. The second kappa shape index (κ2) is 7.16. The van der Waals surface area contributed by atoms with Gasteiger partial charge in [-0.1, -0.05) is 69.5 Å². The molecule has 0 atom stereocenters. The average molecular weight is 421 g/mol. The SMILES string of the molecule is C=C/C=C\c1c(C)[nH]c2c3c(ccc12)C(C)(C)c1c(ccc2c(C=C)c(/C=C\C)[nH]c12)O3. The first-order chi connectivity index (χ1) is 15.4. The molecule has 0 spiro atoms. The first kappa shape index (κ1) is 20.2. The largest absolute Gasteiger partial charge is 0.454 e. The van der Waals surface area contributed by atoms with Crippen LogP contribution in [0.5, 0.6) is 11.5 Å². The van der Waals surface area contributed by atoms with Crippen LogP contribution >= 0.6 is 0 Å². The Kier molecular flexibility index (Phi) is 4.52. The first-order valence-corrected chi connectivity index (χ1v) is 11.0. The van der Waals surface area contributed by atoms with Crippen molar-refractivity contribution in [1.29, 1.82) is 0 Å². The number of H-pyrrole nitrogens is 2. The third-order valence-electron chi connectivity index (χ3n) is 6.62.